The minimum Gasteiger partial charge on any atom is -0.487 e. The molecular weight excluding hydrogens is 297 g/mol. The summed E-state index contributed by atoms with van der Waals surface area (Å²) in [4.78, 5) is 16.5. The maximum Gasteiger partial charge on any atom is 0.189 e. The van der Waals surface area contributed by atoms with Gasteiger partial charge in [-0.15, -0.1) is 0 Å². The van der Waals surface area contributed by atoms with Gasteiger partial charge in [0, 0.05) is 38.4 Å². The van der Waals surface area contributed by atoms with Crippen molar-refractivity contribution in [3.8, 4) is 5.75 Å². The van der Waals surface area contributed by atoms with Gasteiger partial charge >= 0.3 is 0 Å². The lowest BCUT2D eigenvalue weighted by molar-refractivity contribution is 0.263. The molecule has 1 fully saturated rings. The number of anilines is 1. The predicted octanol–water partition coefficient (Wildman–Crippen LogP) is 1.67. The summed E-state index contributed by atoms with van der Waals surface area (Å²) in [5, 5.41) is 0.399. The highest BCUT2D eigenvalue weighted by molar-refractivity contribution is 5.91. The molecule has 1 aromatic heterocycles. The van der Waals surface area contributed by atoms with Crippen molar-refractivity contribution < 1.29 is 9.13 Å². The van der Waals surface area contributed by atoms with E-state index in [9.17, 15) is 9.18 Å². The van der Waals surface area contributed by atoms with Crippen molar-refractivity contribution in [3.05, 3.63) is 34.4 Å². The Bertz CT molecular complexity index is 810. The Kier molecular flexibility index (Phi) is 3.49. The van der Waals surface area contributed by atoms with Crippen LogP contribution in [-0.4, -0.2) is 48.8 Å². The predicted molar refractivity (Wildman–Crippen MR) is 88.0 cm³/mol. The molecule has 6 heteroatoms. The van der Waals surface area contributed by atoms with Crippen LogP contribution in [0.25, 0.3) is 10.9 Å². The molecule has 1 aromatic carbocycles. The SMILES string of the molecule is CCN1CCN(c2c(F)cc3c(=O)ccn4c3c2OCC4)CC1. The van der Waals surface area contributed by atoms with Gasteiger partial charge in [0.2, 0.25) is 0 Å². The van der Waals surface area contributed by atoms with Crippen molar-refractivity contribution in [2.24, 2.45) is 0 Å². The number of rotatable bonds is 2. The van der Waals surface area contributed by atoms with Gasteiger partial charge in [0.05, 0.1) is 17.4 Å². The summed E-state index contributed by atoms with van der Waals surface area (Å²) in [6, 6.07) is 2.87. The van der Waals surface area contributed by atoms with Crippen LogP contribution in [0.5, 0.6) is 5.75 Å². The molecule has 0 aliphatic carbocycles. The van der Waals surface area contributed by atoms with Crippen molar-refractivity contribution in [2.75, 3.05) is 44.2 Å². The second-order valence-corrected chi connectivity index (χ2v) is 6.08. The Morgan fingerprint density at radius 1 is 1.22 bits per heavy atom. The van der Waals surface area contributed by atoms with Crippen LogP contribution in [0.2, 0.25) is 0 Å². The fourth-order valence-electron chi connectivity index (χ4n) is 3.55. The summed E-state index contributed by atoms with van der Waals surface area (Å²) < 4.78 is 22.6. The molecule has 3 heterocycles. The van der Waals surface area contributed by atoms with E-state index < -0.39 is 0 Å². The second kappa shape index (κ2) is 5.53. The minimum atomic E-state index is -0.366. The number of nitrogens with zero attached hydrogens (tertiary/aromatic N) is 3. The standard InChI is InChI=1S/C17H20FN3O2/c1-2-19-5-7-21(8-6-19)16-13(18)11-12-14(22)3-4-20-9-10-23-17(16)15(12)20/h3-4,11H,2,5-10H2,1H3. The Morgan fingerprint density at radius 3 is 2.74 bits per heavy atom. The third-order valence-corrected chi connectivity index (χ3v) is 4.86. The number of pyridine rings is 1. The van der Waals surface area contributed by atoms with E-state index in [0.29, 0.717) is 30.0 Å². The lowest BCUT2D eigenvalue weighted by Gasteiger charge is -2.37. The monoisotopic (exact) mass is 317 g/mol. The molecule has 1 saturated heterocycles. The molecular formula is C17H20FN3O2. The van der Waals surface area contributed by atoms with Crippen LogP contribution in [-0.2, 0) is 6.54 Å². The van der Waals surface area contributed by atoms with E-state index in [2.05, 4.69) is 11.8 Å². The molecule has 0 atom stereocenters. The molecule has 23 heavy (non-hydrogen) atoms. The third-order valence-electron chi connectivity index (χ3n) is 4.86. The van der Waals surface area contributed by atoms with Crippen LogP contribution in [0.1, 0.15) is 6.92 Å². The number of hydrogen-bond donors (Lipinski definition) is 0. The first-order valence-corrected chi connectivity index (χ1v) is 8.15. The first-order valence-electron chi connectivity index (χ1n) is 8.15. The Morgan fingerprint density at radius 2 is 2.00 bits per heavy atom. The van der Waals surface area contributed by atoms with E-state index in [4.69, 9.17) is 4.74 Å². The summed E-state index contributed by atoms with van der Waals surface area (Å²) in [6.45, 7) is 7.68. The number of halogens is 1. The first-order chi connectivity index (χ1) is 11.2. The van der Waals surface area contributed by atoms with Crippen molar-refractivity contribution >= 4 is 16.6 Å². The minimum absolute atomic E-state index is 0.163. The smallest absolute Gasteiger partial charge is 0.189 e. The van der Waals surface area contributed by atoms with Gasteiger partial charge in [0.15, 0.2) is 17.0 Å². The number of likely N-dealkylation sites (N-methyl/N-ethyl adjacent to an activating group) is 1. The van der Waals surface area contributed by atoms with E-state index in [1.54, 1.807) is 6.20 Å². The van der Waals surface area contributed by atoms with Gasteiger partial charge in [-0.05, 0) is 12.6 Å². The zero-order valence-electron chi connectivity index (χ0n) is 13.2. The summed E-state index contributed by atoms with van der Waals surface area (Å²) in [6.07, 6.45) is 1.77. The molecule has 2 aliphatic rings. The summed E-state index contributed by atoms with van der Waals surface area (Å²) in [7, 11) is 0. The number of piperazine rings is 1. The number of ether oxygens (including phenoxy) is 1. The first kappa shape index (κ1) is 14.5. The van der Waals surface area contributed by atoms with Crippen LogP contribution in [0.15, 0.2) is 23.1 Å². The van der Waals surface area contributed by atoms with Gasteiger partial charge in [-0.25, -0.2) is 4.39 Å². The third kappa shape index (κ3) is 2.28. The number of aromatic nitrogens is 1. The molecule has 0 radical (unpaired) electrons. The van der Waals surface area contributed by atoms with E-state index in [1.807, 2.05) is 9.47 Å². The number of benzene rings is 1. The van der Waals surface area contributed by atoms with Crippen LogP contribution in [0.3, 0.4) is 0 Å². The molecule has 0 unspecified atom stereocenters. The van der Waals surface area contributed by atoms with Crippen molar-refractivity contribution in [3.63, 3.8) is 0 Å². The Labute approximate surface area is 133 Å². The molecule has 122 valence electrons. The average molecular weight is 317 g/mol. The van der Waals surface area contributed by atoms with Gasteiger partial charge in [-0.2, -0.15) is 0 Å². The fraction of sp³-hybridized carbons (Fsp3) is 0.471. The van der Waals surface area contributed by atoms with Crippen molar-refractivity contribution in [1.29, 1.82) is 0 Å². The molecule has 0 bridgehead atoms. The normalized spacial score (nSPS) is 18.3. The lowest BCUT2D eigenvalue weighted by atomic mass is 10.1. The highest BCUT2D eigenvalue weighted by atomic mass is 19.1. The van der Waals surface area contributed by atoms with Gasteiger partial charge in [-0.3, -0.25) is 4.79 Å². The Hall–Kier alpha value is -2.08. The van der Waals surface area contributed by atoms with Gasteiger partial charge in [0.1, 0.15) is 12.3 Å². The topological polar surface area (TPSA) is 37.7 Å². The van der Waals surface area contributed by atoms with E-state index in [0.717, 1.165) is 38.2 Å². The highest BCUT2D eigenvalue weighted by Gasteiger charge is 2.27. The lowest BCUT2D eigenvalue weighted by Crippen LogP contribution is -2.46. The molecule has 0 saturated carbocycles. The summed E-state index contributed by atoms with van der Waals surface area (Å²) in [5.41, 5.74) is 1.06. The highest BCUT2D eigenvalue weighted by Crippen LogP contribution is 2.39. The zero-order chi connectivity index (χ0) is 16.0. The second-order valence-electron chi connectivity index (χ2n) is 6.08. The average Bonchev–Trinajstić information content (AvgIpc) is 2.58. The number of hydrogen-bond acceptors (Lipinski definition) is 4. The molecule has 2 aliphatic heterocycles. The van der Waals surface area contributed by atoms with E-state index in [-0.39, 0.29) is 11.2 Å². The molecule has 0 amide bonds. The quantitative estimate of drug-likeness (QED) is 0.844. The molecule has 4 rings (SSSR count). The van der Waals surface area contributed by atoms with Crippen LogP contribution < -0.4 is 15.1 Å². The molecule has 0 spiro atoms. The van der Waals surface area contributed by atoms with Crippen molar-refractivity contribution in [2.45, 2.75) is 13.5 Å². The van der Waals surface area contributed by atoms with Gasteiger partial charge < -0.3 is 19.1 Å². The fourth-order valence-corrected chi connectivity index (χ4v) is 3.55. The van der Waals surface area contributed by atoms with Crippen molar-refractivity contribution in [1.82, 2.24) is 9.47 Å². The largest absolute Gasteiger partial charge is 0.487 e. The molecule has 0 N–H and O–H groups in total. The molecule has 5 nitrogen and oxygen atoms in total. The van der Waals surface area contributed by atoms with E-state index >= 15 is 0 Å². The van der Waals surface area contributed by atoms with Crippen LogP contribution in [0.4, 0.5) is 10.1 Å². The molecule has 2 aromatic rings. The zero-order valence-corrected chi connectivity index (χ0v) is 13.2. The van der Waals surface area contributed by atoms with Crippen LogP contribution in [0, 0.1) is 5.82 Å². The van der Waals surface area contributed by atoms with Crippen LogP contribution >= 0.6 is 0 Å². The summed E-state index contributed by atoms with van der Waals surface area (Å²) in [5.74, 6) is 0.156. The van der Waals surface area contributed by atoms with E-state index in [1.165, 1.54) is 12.1 Å². The summed E-state index contributed by atoms with van der Waals surface area (Å²) >= 11 is 0. The van der Waals surface area contributed by atoms with Gasteiger partial charge in [-0.1, -0.05) is 6.92 Å². The van der Waals surface area contributed by atoms with Gasteiger partial charge in [0.25, 0.3) is 0 Å². The maximum atomic E-state index is 14.8. The Balaban J connectivity index is 1.86. The maximum absolute atomic E-state index is 14.8.